The predicted molar refractivity (Wildman–Crippen MR) is 112 cm³/mol. The van der Waals surface area contributed by atoms with Crippen molar-refractivity contribution in [2.75, 3.05) is 25.5 Å². The van der Waals surface area contributed by atoms with Gasteiger partial charge in [0.1, 0.15) is 23.0 Å². The summed E-state index contributed by atoms with van der Waals surface area (Å²) in [6.45, 7) is 1.22. The summed E-state index contributed by atoms with van der Waals surface area (Å²) in [6, 6.07) is 8.86. The van der Waals surface area contributed by atoms with Crippen LogP contribution in [0, 0.1) is 11.8 Å². The highest BCUT2D eigenvalue weighted by molar-refractivity contribution is 7.92. The first-order valence-corrected chi connectivity index (χ1v) is 10.4. The number of carbonyl (C=O) groups is 1. The fourth-order valence-corrected chi connectivity index (χ4v) is 3.71. The molecule has 0 aliphatic carbocycles. The number of aliphatic carboxylic acids is 1. The summed E-state index contributed by atoms with van der Waals surface area (Å²) in [5.41, 5.74) is 0.475. The molecule has 8 nitrogen and oxygen atoms in total. The maximum Gasteiger partial charge on any atom is 0.332 e. The zero-order valence-electron chi connectivity index (χ0n) is 16.4. The van der Waals surface area contributed by atoms with Gasteiger partial charge < -0.3 is 19.3 Å². The minimum Gasteiger partial charge on any atom is -0.497 e. The van der Waals surface area contributed by atoms with Crippen molar-refractivity contribution in [2.24, 2.45) is 0 Å². The van der Waals surface area contributed by atoms with Crippen molar-refractivity contribution >= 4 is 33.3 Å². The smallest absolute Gasteiger partial charge is 0.332 e. The van der Waals surface area contributed by atoms with E-state index in [1.165, 1.54) is 51.5 Å². The van der Waals surface area contributed by atoms with E-state index in [0.29, 0.717) is 16.3 Å². The molecule has 0 saturated carbocycles. The van der Waals surface area contributed by atoms with Gasteiger partial charge in [-0.25, -0.2) is 13.2 Å². The van der Waals surface area contributed by atoms with Crippen LogP contribution in [0.15, 0.2) is 41.3 Å². The lowest BCUT2D eigenvalue weighted by Crippen LogP contribution is -2.19. The molecule has 2 rings (SSSR count). The van der Waals surface area contributed by atoms with Gasteiger partial charge in [0.25, 0.3) is 10.0 Å². The number of methoxy groups -OCH3 is 2. The van der Waals surface area contributed by atoms with E-state index in [4.69, 9.17) is 30.9 Å². The van der Waals surface area contributed by atoms with Gasteiger partial charge in [0.15, 0.2) is 6.10 Å². The average Bonchev–Trinajstić information content (AvgIpc) is 2.72. The van der Waals surface area contributed by atoms with Crippen molar-refractivity contribution in [3.8, 4) is 23.3 Å². The molecule has 1 atom stereocenters. The first-order valence-electron chi connectivity index (χ1n) is 8.55. The molecule has 0 aliphatic rings. The summed E-state index contributed by atoms with van der Waals surface area (Å²) < 4.78 is 43.7. The second-order valence-electron chi connectivity index (χ2n) is 5.91. The lowest BCUT2D eigenvalue weighted by Gasteiger charge is -2.14. The van der Waals surface area contributed by atoms with E-state index < -0.39 is 22.1 Å². The van der Waals surface area contributed by atoms with Gasteiger partial charge >= 0.3 is 5.97 Å². The maximum absolute atomic E-state index is 13.0. The summed E-state index contributed by atoms with van der Waals surface area (Å²) in [5, 5.41) is 9.16. The standard InChI is InChI=1S/C20H20ClNO7S/c1-13(20(23)24)29-10-4-5-14-11-15(21)6-8-17(14)22-30(25,26)19-12-16(27-2)7-9-18(19)28-3/h6-9,11-13,22H,10H2,1-3H3,(H,23,24). The van der Waals surface area contributed by atoms with Crippen LogP contribution in [0.2, 0.25) is 5.02 Å². The monoisotopic (exact) mass is 453 g/mol. The molecule has 2 N–H and O–H groups in total. The molecular formula is C20H20ClNO7S. The zero-order chi connectivity index (χ0) is 22.3. The number of anilines is 1. The van der Waals surface area contributed by atoms with Crippen molar-refractivity contribution in [1.82, 2.24) is 0 Å². The summed E-state index contributed by atoms with van der Waals surface area (Å²) >= 11 is 6.01. The van der Waals surface area contributed by atoms with E-state index >= 15 is 0 Å². The highest BCUT2D eigenvalue weighted by Gasteiger charge is 2.22. The Labute approximate surface area is 179 Å². The van der Waals surface area contributed by atoms with E-state index in [0.717, 1.165) is 0 Å². The van der Waals surface area contributed by atoms with Gasteiger partial charge in [-0.05, 0) is 37.3 Å². The average molecular weight is 454 g/mol. The van der Waals surface area contributed by atoms with E-state index in [-0.39, 0.29) is 22.9 Å². The van der Waals surface area contributed by atoms with Gasteiger partial charge in [0.05, 0.1) is 25.5 Å². The van der Waals surface area contributed by atoms with E-state index in [1.54, 1.807) is 6.07 Å². The normalized spacial score (nSPS) is 11.7. The first-order chi connectivity index (χ1) is 14.2. The van der Waals surface area contributed by atoms with Crippen molar-refractivity contribution in [3.05, 3.63) is 47.0 Å². The number of benzene rings is 2. The van der Waals surface area contributed by atoms with Crippen LogP contribution >= 0.6 is 11.6 Å². The highest BCUT2D eigenvalue weighted by Crippen LogP contribution is 2.31. The van der Waals surface area contributed by atoms with Crippen LogP contribution in [-0.4, -0.2) is 46.4 Å². The van der Waals surface area contributed by atoms with Gasteiger partial charge in [-0.1, -0.05) is 23.4 Å². The second-order valence-corrected chi connectivity index (χ2v) is 7.99. The summed E-state index contributed by atoms with van der Waals surface area (Å²) in [4.78, 5) is 10.7. The number of halogens is 1. The first kappa shape index (κ1) is 23.3. The molecule has 0 fully saturated rings. The van der Waals surface area contributed by atoms with E-state index in [2.05, 4.69) is 16.6 Å². The maximum atomic E-state index is 13.0. The number of hydrogen-bond donors (Lipinski definition) is 2. The fourth-order valence-electron chi connectivity index (χ4n) is 2.27. The summed E-state index contributed by atoms with van der Waals surface area (Å²) in [6.07, 6.45) is -1.02. The molecule has 0 aromatic heterocycles. The van der Waals surface area contributed by atoms with Crippen molar-refractivity contribution in [2.45, 2.75) is 17.9 Å². The Bertz CT molecular complexity index is 1090. The molecule has 0 aliphatic heterocycles. The van der Waals surface area contributed by atoms with E-state index in [9.17, 15) is 13.2 Å². The van der Waals surface area contributed by atoms with Crippen molar-refractivity contribution in [3.63, 3.8) is 0 Å². The topological polar surface area (TPSA) is 111 Å². The highest BCUT2D eigenvalue weighted by atomic mass is 35.5. The molecule has 2 aromatic rings. The molecule has 0 saturated heterocycles. The molecule has 1 unspecified atom stereocenters. The number of carboxylic acids is 1. The van der Waals surface area contributed by atoms with Gasteiger partial charge in [-0.3, -0.25) is 4.72 Å². The number of hydrogen-bond acceptors (Lipinski definition) is 6. The van der Waals surface area contributed by atoms with Crippen LogP contribution < -0.4 is 14.2 Å². The van der Waals surface area contributed by atoms with Crippen LogP contribution in [0.4, 0.5) is 5.69 Å². The second kappa shape index (κ2) is 10.2. The molecule has 0 spiro atoms. The third kappa shape index (κ3) is 6.03. The minimum absolute atomic E-state index is 0.114. The number of rotatable bonds is 8. The van der Waals surface area contributed by atoms with Crippen molar-refractivity contribution < 1.29 is 32.5 Å². The lowest BCUT2D eigenvalue weighted by molar-refractivity contribution is -0.148. The quantitative estimate of drug-likeness (QED) is 0.591. The van der Waals surface area contributed by atoms with Crippen LogP contribution in [0.3, 0.4) is 0 Å². The number of sulfonamides is 1. The summed E-state index contributed by atoms with van der Waals surface area (Å²) in [7, 11) is -1.27. The molecule has 160 valence electrons. The molecule has 2 aromatic carbocycles. The molecule has 0 heterocycles. The van der Waals surface area contributed by atoms with Crippen molar-refractivity contribution in [1.29, 1.82) is 0 Å². The third-order valence-electron chi connectivity index (χ3n) is 3.86. The molecule has 30 heavy (non-hydrogen) atoms. The molecule has 10 heteroatoms. The third-order valence-corrected chi connectivity index (χ3v) is 5.48. The van der Waals surface area contributed by atoms with Gasteiger partial charge in [0.2, 0.25) is 0 Å². The molecule has 0 bridgehead atoms. The lowest BCUT2D eigenvalue weighted by atomic mass is 10.2. The van der Waals surface area contributed by atoms with Gasteiger partial charge in [0, 0.05) is 11.1 Å². The van der Waals surface area contributed by atoms with Crippen LogP contribution in [-0.2, 0) is 19.6 Å². The van der Waals surface area contributed by atoms with Gasteiger partial charge in [-0.2, -0.15) is 0 Å². The zero-order valence-corrected chi connectivity index (χ0v) is 18.0. The largest absolute Gasteiger partial charge is 0.497 e. The fraction of sp³-hybridized carbons (Fsp3) is 0.250. The van der Waals surface area contributed by atoms with Crippen LogP contribution in [0.25, 0.3) is 0 Å². The predicted octanol–water partition coefficient (Wildman–Crippen LogP) is 3.00. The summed E-state index contributed by atoms with van der Waals surface area (Å²) in [5.74, 6) is 4.76. The van der Waals surface area contributed by atoms with E-state index in [1.807, 2.05) is 0 Å². The number of carboxylic acid groups (broad SMARTS) is 1. The molecule has 0 radical (unpaired) electrons. The Kier molecular flexibility index (Phi) is 7.94. The Morgan fingerprint density at radius 1 is 1.20 bits per heavy atom. The Hall–Kier alpha value is -2.93. The Balaban J connectivity index is 2.34. The number of nitrogens with one attached hydrogen (secondary N) is 1. The molecule has 0 amide bonds. The van der Waals surface area contributed by atoms with Gasteiger partial charge in [-0.15, -0.1) is 0 Å². The Morgan fingerprint density at radius 2 is 1.93 bits per heavy atom. The van der Waals surface area contributed by atoms with Crippen LogP contribution in [0.5, 0.6) is 11.5 Å². The SMILES string of the molecule is COc1ccc(OC)c(S(=O)(=O)Nc2ccc(Cl)cc2C#CCOC(C)C(=O)O)c1. The Morgan fingerprint density at radius 3 is 2.57 bits per heavy atom. The van der Waals surface area contributed by atoms with Crippen LogP contribution in [0.1, 0.15) is 12.5 Å². The number of ether oxygens (including phenoxy) is 3. The minimum atomic E-state index is -4.05. The molecular weight excluding hydrogens is 434 g/mol.